The fraction of sp³-hybridized carbons (Fsp3) is 0.269. The number of fused-ring (bicyclic) bond motifs is 2. The lowest BCUT2D eigenvalue weighted by atomic mass is 10.0. The Balaban J connectivity index is 1.41. The van der Waals surface area contributed by atoms with Crippen LogP contribution in [0.3, 0.4) is 0 Å². The standard InChI is InChI=1S/C26H25N3O5/c1-32-22-13-16(20-8-5-9-23(27-20)33-2)12-17-15-29(10-11-34-25(17)22)24(30)14-21-18-6-3-4-7-19(18)26(31)28-21/h3-9,12-13,21H,10-11,14-15H2,1-2H3,(H,28,31)/t21-/m1/s1. The molecule has 2 aromatic carbocycles. The summed E-state index contributed by atoms with van der Waals surface area (Å²) in [4.78, 5) is 31.8. The molecule has 3 heterocycles. The van der Waals surface area contributed by atoms with E-state index in [-0.39, 0.29) is 24.3 Å². The molecule has 1 N–H and O–H groups in total. The number of carbonyl (C=O) groups excluding carboxylic acids is 2. The zero-order valence-electron chi connectivity index (χ0n) is 19.0. The maximum atomic E-state index is 13.3. The lowest BCUT2D eigenvalue weighted by Gasteiger charge is -2.22. The van der Waals surface area contributed by atoms with E-state index in [1.54, 1.807) is 31.3 Å². The number of carbonyl (C=O) groups is 2. The fourth-order valence-corrected chi connectivity index (χ4v) is 4.47. The first kappa shape index (κ1) is 21.8. The number of amides is 2. The van der Waals surface area contributed by atoms with Crippen LogP contribution in [-0.2, 0) is 11.3 Å². The largest absolute Gasteiger partial charge is 0.493 e. The van der Waals surface area contributed by atoms with Crippen molar-refractivity contribution in [2.24, 2.45) is 0 Å². The van der Waals surface area contributed by atoms with E-state index in [1.165, 1.54) is 0 Å². The SMILES string of the molecule is COc1cccc(-c2cc3c(c(OC)c2)OCCN(C(=O)C[C@H]2NC(=O)c4ccccc42)C3)n1. The van der Waals surface area contributed by atoms with Crippen LogP contribution in [0.4, 0.5) is 0 Å². The maximum Gasteiger partial charge on any atom is 0.252 e. The molecule has 8 heteroatoms. The van der Waals surface area contributed by atoms with E-state index in [0.717, 1.165) is 22.4 Å². The molecule has 0 spiro atoms. The number of rotatable bonds is 5. The molecule has 0 fully saturated rings. The average Bonchev–Trinajstić information content (AvgIpc) is 3.04. The van der Waals surface area contributed by atoms with Crippen molar-refractivity contribution in [2.45, 2.75) is 19.0 Å². The molecule has 1 aromatic heterocycles. The number of nitrogens with one attached hydrogen (secondary N) is 1. The molecule has 0 saturated heterocycles. The van der Waals surface area contributed by atoms with Gasteiger partial charge in [-0.05, 0) is 29.8 Å². The van der Waals surface area contributed by atoms with Gasteiger partial charge in [-0.1, -0.05) is 24.3 Å². The summed E-state index contributed by atoms with van der Waals surface area (Å²) in [5.74, 6) is 1.53. The fourth-order valence-electron chi connectivity index (χ4n) is 4.47. The van der Waals surface area contributed by atoms with Crippen molar-refractivity contribution in [3.05, 3.63) is 71.3 Å². The summed E-state index contributed by atoms with van der Waals surface area (Å²) in [5.41, 5.74) is 3.89. The number of nitrogens with zero attached hydrogens (tertiary/aromatic N) is 2. The summed E-state index contributed by atoms with van der Waals surface area (Å²) < 4.78 is 16.9. The first-order valence-electron chi connectivity index (χ1n) is 11.1. The van der Waals surface area contributed by atoms with E-state index in [2.05, 4.69) is 10.3 Å². The minimum absolute atomic E-state index is 0.0534. The summed E-state index contributed by atoms with van der Waals surface area (Å²) in [6.45, 7) is 1.15. The Morgan fingerprint density at radius 2 is 2.00 bits per heavy atom. The first-order chi connectivity index (χ1) is 16.6. The van der Waals surface area contributed by atoms with Crippen LogP contribution in [0.5, 0.6) is 17.4 Å². The summed E-state index contributed by atoms with van der Waals surface area (Å²) >= 11 is 0. The summed E-state index contributed by atoms with van der Waals surface area (Å²) in [6.07, 6.45) is 0.187. The predicted octanol–water partition coefficient (Wildman–Crippen LogP) is 3.36. The molecule has 1 atom stereocenters. The Hall–Kier alpha value is -4.07. The zero-order chi connectivity index (χ0) is 23.7. The minimum atomic E-state index is -0.332. The molecule has 0 saturated carbocycles. The van der Waals surface area contributed by atoms with Crippen LogP contribution in [0.15, 0.2) is 54.6 Å². The Morgan fingerprint density at radius 1 is 1.15 bits per heavy atom. The van der Waals surface area contributed by atoms with Crippen molar-refractivity contribution in [2.75, 3.05) is 27.4 Å². The lowest BCUT2D eigenvalue weighted by Crippen LogP contribution is -2.35. The van der Waals surface area contributed by atoms with E-state index in [4.69, 9.17) is 14.2 Å². The number of hydrogen-bond donors (Lipinski definition) is 1. The number of hydrogen-bond acceptors (Lipinski definition) is 6. The number of ether oxygens (including phenoxy) is 3. The molecule has 5 rings (SSSR count). The van der Waals surface area contributed by atoms with Gasteiger partial charge in [-0.25, -0.2) is 4.98 Å². The second kappa shape index (κ2) is 9.05. The molecule has 0 radical (unpaired) electrons. The van der Waals surface area contributed by atoms with Gasteiger partial charge in [-0.2, -0.15) is 0 Å². The highest BCUT2D eigenvalue weighted by atomic mass is 16.5. The molecule has 174 valence electrons. The smallest absolute Gasteiger partial charge is 0.252 e. The lowest BCUT2D eigenvalue weighted by molar-refractivity contribution is -0.132. The van der Waals surface area contributed by atoms with Gasteiger partial charge < -0.3 is 24.4 Å². The maximum absolute atomic E-state index is 13.3. The van der Waals surface area contributed by atoms with E-state index in [9.17, 15) is 9.59 Å². The van der Waals surface area contributed by atoms with Crippen molar-refractivity contribution in [1.82, 2.24) is 15.2 Å². The molecule has 0 bridgehead atoms. The van der Waals surface area contributed by atoms with Crippen LogP contribution in [-0.4, -0.2) is 49.1 Å². The highest BCUT2D eigenvalue weighted by molar-refractivity contribution is 5.99. The van der Waals surface area contributed by atoms with E-state index >= 15 is 0 Å². The molecule has 8 nitrogen and oxygen atoms in total. The van der Waals surface area contributed by atoms with Gasteiger partial charge in [0.1, 0.15) is 6.61 Å². The second-order valence-electron chi connectivity index (χ2n) is 8.21. The summed E-state index contributed by atoms with van der Waals surface area (Å²) in [6, 6.07) is 16.5. The van der Waals surface area contributed by atoms with Crippen LogP contribution in [0.2, 0.25) is 0 Å². The average molecular weight is 460 g/mol. The van der Waals surface area contributed by atoms with Crippen molar-refractivity contribution in [3.63, 3.8) is 0 Å². The molecule has 34 heavy (non-hydrogen) atoms. The zero-order valence-corrected chi connectivity index (χ0v) is 19.0. The van der Waals surface area contributed by atoms with Crippen LogP contribution in [0.1, 0.15) is 33.9 Å². The van der Waals surface area contributed by atoms with E-state index in [0.29, 0.717) is 42.6 Å². The molecular formula is C26H25N3O5. The second-order valence-corrected chi connectivity index (χ2v) is 8.21. The van der Waals surface area contributed by atoms with Crippen molar-refractivity contribution in [1.29, 1.82) is 0 Å². The monoisotopic (exact) mass is 459 g/mol. The highest BCUT2D eigenvalue weighted by Crippen LogP contribution is 2.38. The van der Waals surface area contributed by atoms with E-state index in [1.807, 2.05) is 42.5 Å². The number of pyridine rings is 1. The first-order valence-corrected chi connectivity index (χ1v) is 11.1. The highest BCUT2D eigenvalue weighted by Gasteiger charge is 2.32. The third kappa shape index (κ3) is 4.03. The Bertz CT molecular complexity index is 1260. The van der Waals surface area contributed by atoms with Gasteiger partial charge in [-0.15, -0.1) is 0 Å². The quantitative estimate of drug-likeness (QED) is 0.629. The minimum Gasteiger partial charge on any atom is -0.493 e. The molecule has 2 aliphatic rings. The molecule has 0 aliphatic carbocycles. The third-order valence-corrected chi connectivity index (χ3v) is 6.17. The normalized spacial score (nSPS) is 16.6. The van der Waals surface area contributed by atoms with Crippen molar-refractivity contribution >= 4 is 11.8 Å². The van der Waals surface area contributed by atoms with Crippen molar-refractivity contribution < 1.29 is 23.8 Å². The van der Waals surface area contributed by atoms with Gasteiger partial charge in [0.05, 0.1) is 38.9 Å². The molecule has 3 aromatic rings. The van der Waals surface area contributed by atoms with Gasteiger partial charge in [0.2, 0.25) is 11.8 Å². The van der Waals surface area contributed by atoms with Gasteiger partial charge in [0, 0.05) is 29.3 Å². The third-order valence-electron chi connectivity index (χ3n) is 6.17. The summed E-state index contributed by atoms with van der Waals surface area (Å²) in [5, 5.41) is 2.93. The molecule has 2 aliphatic heterocycles. The van der Waals surface area contributed by atoms with Crippen molar-refractivity contribution in [3.8, 4) is 28.6 Å². The molecule has 2 amide bonds. The van der Waals surface area contributed by atoms with E-state index < -0.39 is 0 Å². The summed E-state index contributed by atoms with van der Waals surface area (Å²) in [7, 11) is 3.17. The van der Waals surface area contributed by atoms with Crippen LogP contribution in [0, 0.1) is 0 Å². The van der Waals surface area contributed by atoms with Crippen LogP contribution < -0.4 is 19.5 Å². The Labute approximate surface area is 197 Å². The topological polar surface area (TPSA) is 90.0 Å². The van der Waals surface area contributed by atoms with Gasteiger partial charge in [0.25, 0.3) is 5.91 Å². The van der Waals surface area contributed by atoms with Gasteiger partial charge in [-0.3, -0.25) is 9.59 Å². The van der Waals surface area contributed by atoms with Gasteiger partial charge >= 0.3 is 0 Å². The molecular weight excluding hydrogens is 434 g/mol. The Morgan fingerprint density at radius 3 is 2.82 bits per heavy atom. The number of aromatic nitrogens is 1. The van der Waals surface area contributed by atoms with Gasteiger partial charge in [0.15, 0.2) is 11.5 Å². The predicted molar refractivity (Wildman–Crippen MR) is 125 cm³/mol. The molecule has 0 unspecified atom stereocenters. The number of methoxy groups -OCH3 is 2. The Kier molecular flexibility index (Phi) is 5.79. The number of benzene rings is 2. The van der Waals surface area contributed by atoms with Crippen LogP contribution in [0.25, 0.3) is 11.3 Å². The van der Waals surface area contributed by atoms with Crippen LogP contribution >= 0.6 is 0 Å².